The van der Waals surface area contributed by atoms with Gasteiger partial charge in [0.05, 0.1) is 0 Å². The van der Waals surface area contributed by atoms with Gasteiger partial charge in [0.2, 0.25) is 0 Å². The zero-order chi connectivity index (χ0) is 16.5. The molecule has 0 aliphatic heterocycles. The van der Waals surface area contributed by atoms with Crippen LogP contribution in [0.5, 0.6) is 0 Å². The number of anilines is 1. The first-order chi connectivity index (χ1) is 11.7. The van der Waals surface area contributed by atoms with E-state index in [2.05, 4.69) is 14.5 Å². The van der Waals surface area contributed by atoms with Gasteiger partial charge in [-0.1, -0.05) is 24.3 Å². The molecule has 24 heavy (non-hydrogen) atoms. The molecule has 0 radical (unpaired) electrons. The Morgan fingerprint density at radius 3 is 2.54 bits per heavy atom. The minimum atomic E-state index is -0.217. The maximum atomic E-state index is 13.3. The highest BCUT2D eigenvalue weighted by Gasteiger charge is 2.06. The van der Waals surface area contributed by atoms with Crippen molar-refractivity contribution in [3.8, 4) is 11.3 Å². The first kappa shape index (κ1) is 14.4. The van der Waals surface area contributed by atoms with Crippen LogP contribution in [0, 0.1) is 5.82 Å². The molecule has 0 unspecified atom stereocenters. The monoisotopic (exact) mass is 318 g/mol. The van der Waals surface area contributed by atoms with Crippen molar-refractivity contribution < 1.29 is 4.39 Å². The number of nitrogens with zero attached hydrogens (tertiary/aromatic N) is 3. The highest BCUT2D eigenvalue weighted by atomic mass is 19.1. The van der Waals surface area contributed by atoms with Gasteiger partial charge in [-0.3, -0.25) is 4.98 Å². The van der Waals surface area contributed by atoms with Gasteiger partial charge >= 0.3 is 0 Å². The van der Waals surface area contributed by atoms with Crippen LogP contribution >= 0.6 is 0 Å². The van der Waals surface area contributed by atoms with E-state index in [-0.39, 0.29) is 5.82 Å². The summed E-state index contributed by atoms with van der Waals surface area (Å²) in [7, 11) is 0. The van der Waals surface area contributed by atoms with Gasteiger partial charge in [-0.05, 0) is 29.8 Å². The van der Waals surface area contributed by atoms with E-state index in [1.807, 2.05) is 36.5 Å². The second kappa shape index (κ2) is 5.77. The van der Waals surface area contributed by atoms with E-state index in [9.17, 15) is 4.39 Å². The Morgan fingerprint density at radius 2 is 1.75 bits per heavy atom. The second-order valence-electron chi connectivity index (χ2n) is 5.63. The number of fused-ring (bicyclic) bond motifs is 1. The van der Waals surface area contributed by atoms with Crippen molar-refractivity contribution in [1.82, 2.24) is 14.5 Å². The molecule has 0 aliphatic carbocycles. The molecule has 5 heteroatoms. The van der Waals surface area contributed by atoms with Crippen LogP contribution in [0.2, 0.25) is 0 Å². The Kier molecular flexibility index (Phi) is 3.46. The van der Waals surface area contributed by atoms with E-state index in [0.717, 1.165) is 22.0 Å². The van der Waals surface area contributed by atoms with E-state index in [0.29, 0.717) is 18.1 Å². The maximum Gasteiger partial charge on any atom is 0.149 e. The maximum absolute atomic E-state index is 13.3. The van der Waals surface area contributed by atoms with Crippen molar-refractivity contribution in [1.29, 1.82) is 0 Å². The smallest absolute Gasteiger partial charge is 0.149 e. The summed E-state index contributed by atoms with van der Waals surface area (Å²) in [5.74, 6) is 0.204. The summed E-state index contributed by atoms with van der Waals surface area (Å²) >= 11 is 0. The van der Waals surface area contributed by atoms with Crippen molar-refractivity contribution in [2.24, 2.45) is 0 Å². The summed E-state index contributed by atoms with van der Waals surface area (Å²) in [6.07, 6.45) is 5.18. The standard InChI is InChI=1S/C19H15FN4/c20-16-5-6-17-15(11-16)7-10-24(17)12-13-1-3-14(4-2-13)18-19(21)23-9-8-22-18/h1-11H,12H2,(H2,21,23). The summed E-state index contributed by atoms with van der Waals surface area (Å²) in [4.78, 5) is 8.34. The molecule has 0 saturated heterocycles. The van der Waals surface area contributed by atoms with Crippen molar-refractivity contribution in [3.63, 3.8) is 0 Å². The van der Waals surface area contributed by atoms with E-state index in [1.165, 1.54) is 6.07 Å². The summed E-state index contributed by atoms with van der Waals surface area (Å²) in [5.41, 5.74) is 9.64. The molecule has 0 bridgehead atoms. The van der Waals surface area contributed by atoms with Crippen LogP contribution in [0.3, 0.4) is 0 Å². The van der Waals surface area contributed by atoms with Gasteiger partial charge in [0.1, 0.15) is 17.3 Å². The van der Waals surface area contributed by atoms with Crippen molar-refractivity contribution >= 4 is 16.7 Å². The van der Waals surface area contributed by atoms with Gasteiger partial charge in [-0.2, -0.15) is 0 Å². The summed E-state index contributed by atoms with van der Waals surface area (Å²) in [6, 6.07) is 14.8. The van der Waals surface area contributed by atoms with Gasteiger partial charge < -0.3 is 10.3 Å². The Hall–Kier alpha value is -3.21. The lowest BCUT2D eigenvalue weighted by molar-refractivity contribution is 0.629. The predicted molar refractivity (Wildman–Crippen MR) is 92.9 cm³/mol. The van der Waals surface area contributed by atoms with Crippen LogP contribution in [0.15, 0.2) is 67.1 Å². The molecule has 4 aromatic rings. The Balaban J connectivity index is 1.62. The van der Waals surface area contributed by atoms with E-state index in [1.54, 1.807) is 24.5 Å². The van der Waals surface area contributed by atoms with Gasteiger partial charge in [0, 0.05) is 41.6 Å². The molecule has 2 aromatic heterocycles. The number of hydrogen-bond acceptors (Lipinski definition) is 3. The van der Waals surface area contributed by atoms with Gasteiger partial charge in [0.15, 0.2) is 0 Å². The van der Waals surface area contributed by atoms with Crippen LogP contribution in [0.25, 0.3) is 22.2 Å². The highest BCUT2D eigenvalue weighted by molar-refractivity contribution is 5.80. The van der Waals surface area contributed by atoms with Crippen molar-refractivity contribution in [2.75, 3.05) is 5.73 Å². The van der Waals surface area contributed by atoms with Crippen LogP contribution in [-0.4, -0.2) is 14.5 Å². The normalized spacial score (nSPS) is 11.0. The first-order valence-corrected chi connectivity index (χ1v) is 7.61. The number of nitrogen functional groups attached to an aromatic ring is 1. The topological polar surface area (TPSA) is 56.7 Å². The van der Waals surface area contributed by atoms with Gasteiger partial charge in [0.25, 0.3) is 0 Å². The lowest BCUT2D eigenvalue weighted by atomic mass is 10.1. The largest absolute Gasteiger partial charge is 0.382 e. The number of halogens is 1. The third-order valence-electron chi connectivity index (χ3n) is 4.04. The zero-order valence-electron chi connectivity index (χ0n) is 12.9. The lowest BCUT2D eigenvalue weighted by Crippen LogP contribution is -1.99. The summed E-state index contributed by atoms with van der Waals surface area (Å²) < 4.78 is 15.4. The number of hydrogen-bond donors (Lipinski definition) is 1. The average Bonchev–Trinajstić information content (AvgIpc) is 2.98. The Labute approximate surface area is 138 Å². The molecule has 0 atom stereocenters. The fourth-order valence-electron chi connectivity index (χ4n) is 2.84. The molecular weight excluding hydrogens is 303 g/mol. The number of nitrogens with two attached hydrogens (primary N) is 1. The minimum absolute atomic E-state index is 0.217. The van der Waals surface area contributed by atoms with Crippen LogP contribution in [-0.2, 0) is 6.54 Å². The molecule has 2 aromatic carbocycles. The Bertz CT molecular complexity index is 1010. The third-order valence-corrected chi connectivity index (χ3v) is 4.04. The lowest BCUT2D eigenvalue weighted by Gasteiger charge is -2.08. The molecule has 2 heterocycles. The molecule has 4 rings (SSSR count). The molecular formula is C19H15FN4. The Morgan fingerprint density at radius 1 is 0.958 bits per heavy atom. The molecule has 4 nitrogen and oxygen atoms in total. The van der Waals surface area contributed by atoms with Crippen molar-refractivity contribution in [3.05, 3.63) is 78.5 Å². The molecule has 0 saturated carbocycles. The SMILES string of the molecule is Nc1nccnc1-c1ccc(Cn2ccc3cc(F)ccc32)cc1. The molecule has 0 fully saturated rings. The highest BCUT2D eigenvalue weighted by Crippen LogP contribution is 2.23. The quantitative estimate of drug-likeness (QED) is 0.624. The first-order valence-electron chi connectivity index (χ1n) is 7.61. The zero-order valence-corrected chi connectivity index (χ0v) is 12.9. The predicted octanol–water partition coefficient (Wildman–Crippen LogP) is 3.87. The summed E-state index contributed by atoms with van der Waals surface area (Å²) in [5, 5.41) is 0.902. The minimum Gasteiger partial charge on any atom is -0.382 e. The second-order valence-corrected chi connectivity index (χ2v) is 5.63. The van der Waals surface area contributed by atoms with Crippen LogP contribution in [0.4, 0.5) is 10.2 Å². The fourth-order valence-corrected chi connectivity index (χ4v) is 2.84. The van der Waals surface area contributed by atoms with E-state index < -0.39 is 0 Å². The molecule has 118 valence electrons. The molecule has 0 spiro atoms. The van der Waals surface area contributed by atoms with Crippen LogP contribution < -0.4 is 5.73 Å². The van der Waals surface area contributed by atoms with E-state index >= 15 is 0 Å². The molecule has 0 aliphatic rings. The third kappa shape index (κ3) is 2.60. The molecule has 2 N–H and O–H groups in total. The fraction of sp³-hybridized carbons (Fsp3) is 0.0526. The number of aromatic nitrogens is 3. The van der Waals surface area contributed by atoms with Crippen molar-refractivity contribution in [2.45, 2.75) is 6.54 Å². The van der Waals surface area contributed by atoms with Gasteiger partial charge in [-0.25, -0.2) is 9.37 Å². The average molecular weight is 318 g/mol. The van der Waals surface area contributed by atoms with Gasteiger partial charge in [-0.15, -0.1) is 0 Å². The number of benzene rings is 2. The summed E-state index contributed by atoms with van der Waals surface area (Å²) in [6.45, 7) is 0.714. The number of rotatable bonds is 3. The van der Waals surface area contributed by atoms with E-state index in [4.69, 9.17) is 5.73 Å². The van der Waals surface area contributed by atoms with Crippen LogP contribution in [0.1, 0.15) is 5.56 Å². The molecule has 0 amide bonds.